The maximum Gasteiger partial charge on any atom is 0.179 e. The predicted molar refractivity (Wildman–Crippen MR) is 244 cm³/mol. The Morgan fingerprint density at radius 1 is 0.298 bits per heavy atom. The summed E-state index contributed by atoms with van der Waals surface area (Å²) in [6.07, 6.45) is 0. The van der Waals surface area contributed by atoms with Gasteiger partial charge in [-0.05, 0) is 62.7 Å². The van der Waals surface area contributed by atoms with E-state index in [0.717, 1.165) is 5.69 Å². The molecule has 0 atom stereocenters. The average molecular weight is 743 g/mol. The summed E-state index contributed by atoms with van der Waals surface area (Å²) in [6, 6.07) is 85.3. The van der Waals surface area contributed by atoms with Crippen LogP contribution in [0.3, 0.4) is 0 Å². The van der Waals surface area contributed by atoms with Crippen molar-refractivity contribution in [2.75, 3.05) is 0 Å². The number of benzene rings is 9. The average Bonchev–Trinajstić information content (AvgIpc) is 3.81. The third-order valence-electron chi connectivity index (χ3n) is 11.9. The Balaban J connectivity index is 1.33. The molecule has 0 aliphatic carbocycles. The van der Waals surface area contributed by atoms with Crippen LogP contribution in [0.1, 0.15) is 0 Å². The molecule has 0 N–H and O–H groups in total. The molecule has 0 radical (unpaired) electrons. The zero-order valence-electron chi connectivity index (χ0n) is 31.3. The summed E-state index contributed by atoms with van der Waals surface area (Å²) in [7, 11) is -2.82. The maximum atomic E-state index is 2.58. The second kappa shape index (κ2) is 13.5. The van der Waals surface area contributed by atoms with Crippen LogP contribution in [0.15, 0.2) is 231 Å². The van der Waals surface area contributed by atoms with Crippen LogP contribution in [0.25, 0.3) is 66.1 Å². The molecular weight excluding hydrogens is 705 g/mol. The van der Waals surface area contributed by atoms with Gasteiger partial charge in [-0.15, -0.1) is 0 Å². The Kier molecular flexibility index (Phi) is 7.87. The van der Waals surface area contributed by atoms with Gasteiger partial charge in [-0.3, -0.25) is 0 Å². The molecule has 0 spiro atoms. The summed E-state index contributed by atoms with van der Waals surface area (Å²) in [5.41, 5.74) is 9.50. The number of hydrogen-bond donors (Lipinski definition) is 0. The molecule has 3 heteroatoms. The van der Waals surface area contributed by atoms with Gasteiger partial charge in [0.05, 0.1) is 27.8 Å². The fraction of sp³-hybridized carbons (Fsp3) is 0. The molecule has 57 heavy (non-hydrogen) atoms. The first-order valence-electron chi connectivity index (χ1n) is 19.7. The van der Waals surface area contributed by atoms with Gasteiger partial charge in [-0.1, -0.05) is 194 Å². The number of fused-ring (bicyclic) bond motifs is 6. The van der Waals surface area contributed by atoms with E-state index in [1.54, 1.807) is 0 Å². The molecular formula is C54H38N2Si. The van der Waals surface area contributed by atoms with Gasteiger partial charge in [0.25, 0.3) is 0 Å². The highest BCUT2D eigenvalue weighted by atomic mass is 28.3. The standard InChI is InChI=1S/C54H38N2Si/c1-6-20-39(21-7-1)45-36-37-51-53(48-31-17-19-33-50(48)55(51)40-22-8-2-9-23-40)54(45)56-49-32-18-16-30-46(49)47-35-34-44(38-52(47)56)57(41-24-10-3-11-25-41,42-26-12-4-13-27-42)43-28-14-5-15-29-43/h1-38H. The Labute approximate surface area is 333 Å². The van der Waals surface area contributed by atoms with E-state index >= 15 is 0 Å². The van der Waals surface area contributed by atoms with E-state index < -0.39 is 8.07 Å². The van der Waals surface area contributed by atoms with Gasteiger partial charge >= 0.3 is 0 Å². The summed E-state index contributed by atoms with van der Waals surface area (Å²) < 4.78 is 5.02. The topological polar surface area (TPSA) is 9.86 Å². The van der Waals surface area contributed by atoms with E-state index in [-0.39, 0.29) is 0 Å². The Bertz CT molecular complexity index is 3110. The zero-order valence-corrected chi connectivity index (χ0v) is 32.3. The van der Waals surface area contributed by atoms with Gasteiger partial charge in [0.15, 0.2) is 8.07 Å². The minimum Gasteiger partial charge on any atom is -0.309 e. The van der Waals surface area contributed by atoms with Gasteiger partial charge in [-0.25, -0.2) is 0 Å². The largest absolute Gasteiger partial charge is 0.309 e. The Morgan fingerprint density at radius 2 is 0.772 bits per heavy atom. The normalized spacial score (nSPS) is 11.9. The van der Waals surface area contributed by atoms with Crippen LogP contribution < -0.4 is 20.7 Å². The van der Waals surface area contributed by atoms with E-state index in [4.69, 9.17) is 0 Å². The van der Waals surface area contributed by atoms with E-state index in [0.29, 0.717) is 0 Å². The van der Waals surface area contributed by atoms with Crippen LogP contribution >= 0.6 is 0 Å². The van der Waals surface area contributed by atoms with Crippen molar-refractivity contribution in [1.29, 1.82) is 0 Å². The summed E-state index contributed by atoms with van der Waals surface area (Å²) in [4.78, 5) is 0. The first kappa shape index (κ1) is 33.2. The second-order valence-corrected chi connectivity index (χ2v) is 18.7. The molecule has 0 amide bonds. The van der Waals surface area contributed by atoms with Crippen LogP contribution in [0.5, 0.6) is 0 Å². The lowest BCUT2D eigenvalue weighted by atomic mass is 9.99. The minimum absolute atomic E-state index is 1.15. The first-order chi connectivity index (χ1) is 28.3. The molecule has 0 bridgehead atoms. The summed E-state index contributed by atoms with van der Waals surface area (Å²) in [5.74, 6) is 0. The van der Waals surface area contributed by atoms with Gasteiger partial charge < -0.3 is 9.13 Å². The molecule has 11 rings (SSSR count). The molecule has 9 aromatic carbocycles. The third kappa shape index (κ3) is 5.10. The third-order valence-corrected chi connectivity index (χ3v) is 16.6. The lowest BCUT2D eigenvalue weighted by molar-refractivity contribution is 1.17. The minimum atomic E-state index is -2.82. The summed E-state index contributed by atoms with van der Waals surface area (Å²) in [5, 5.41) is 10.4. The van der Waals surface area contributed by atoms with E-state index in [1.807, 2.05) is 0 Å². The number of hydrogen-bond acceptors (Lipinski definition) is 0. The van der Waals surface area contributed by atoms with Crippen LogP contribution in [0, 0.1) is 0 Å². The Hall–Kier alpha value is -7.20. The molecule has 0 fully saturated rings. The van der Waals surface area contributed by atoms with Crippen molar-refractivity contribution in [3.63, 3.8) is 0 Å². The SMILES string of the molecule is c1ccc(-c2ccc3c(c2-n2c4ccccc4c4ccc([Si](c5ccccc5)(c5ccccc5)c5ccccc5)cc42)c2ccccc2n3-c2ccccc2)cc1. The molecule has 0 saturated carbocycles. The van der Waals surface area contributed by atoms with Gasteiger partial charge in [0.1, 0.15) is 0 Å². The number of aromatic nitrogens is 2. The van der Waals surface area contributed by atoms with Crippen molar-refractivity contribution < 1.29 is 0 Å². The number of rotatable bonds is 7. The van der Waals surface area contributed by atoms with Gasteiger partial charge in [0.2, 0.25) is 0 Å². The lowest BCUT2D eigenvalue weighted by Crippen LogP contribution is -2.74. The van der Waals surface area contributed by atoms with Crippen molar-refractivity contribution in [2.45, 2.75) is 0 Å². The van der Waals surface area contributed by atoms with Crippen molar-refractivity contribution in [2.24, 2.45) is 0 Å². The molecule has 0 saturated heterocycles. The molecule has 2 heterocycles. The summed E-state index contributed by atoms with van der Waals surface area (Å²) in [6.45, 7) is 0. The number of nitrogens with zero attached hydrogens (tertiary/aromatic N) is 2. The van der Waals surface area contributed by atoms with E-state index in [9.17, 15) is 0 Å². The molecule has 11 aromatic rings. The Morgan fingerprint density at radius 3 is 1.37 bits per heavy atom. The van der Waals surface area contributed by atoms with Gasteiger partial charge in [-0.2, -0.15) is 0 Å². The van der Waals surface area contributed by atoms with Crippen molar-refractivity contribution >= 4 is 72.4 Å². The van der Waals surface area contributed by atoms with Crippen molar-refractivity contribution in [3.8, 4) is 22.5 Å². The fourth-order valence-electron chi connectivity index (χ4n) is 9.49. The molecule has 2 nitrogen and oxygen atoms in total. The molecule has 0 aliphatic rings. The molecule has 0 aliphatic heterocycles. The fourth-order valence-corrected chi connectivity index (χ4v) is 14.3. The van der Waals surface area contributed by atoms with Crippen molar-refractivity contribution in [1.82, 2.24) is 9.13 Å². The highest BCUT2D eigenvalue weighted by Crippen LogP contribution is 2.44. The summed E-state index contributed by atoms with van der Waals surface area (Å²) >= 11 is 0. The molecule has 2 aromatic heterocycles. The number of para-hydroxylation sites is 3. The van der Waals surface area contributed by atoms with Crippen LogP contribution in [0.2, 0.25) is 0 Å². The maximum absolute atomic E-state index is 2.82. The first-order valence-corrected chi connectivity index (χ1v) is 21.7. The lowest BCUT2D eigenvalue weighted by Gasteiger charge is -2.34. The molecule has 0 unspecified atom stereocenters. The van der Waals surface area contributed by atoms with Crippen molar-refractivity contribution in [3.05, 3.63) is 231 Å². The van der Waals surface area contributed by atoms with E-state index in [1.165, 1.54) is 81.2 Å². The molecule has 268 valence electrons. The second-order valence-electron chi connectivity index (χ2n) is 14.8. The zero-order chi connectivity index (χ0) is 37.8. The van der Waals surface area contributed by atoms with Crippen LogP contribution in [-0.4, -0.2) is 17.2 Å². The highest BCUT2D eigenvalue weighted by molar-refractivity contribution is 7.20. The van der Waals surface area contributed by atoms with Gasteiger partial charge in [0, 0.05) is 32.8 Å². The predicted octanol–water partition coefficient (Wildman–Crippen LogP) is 10.9. The monoisotopic (exact) mass is 742 g/mol. The van der Waals surface area contributed by atoms with E-state index in [2.05, 4.69) is 240 Å². The smallest absolute Gasteiger partial charge is 0.179 e. The highest BCUT2D eigenvalue weighted by Gasteiger charge is 2.41. The van der Waals surface area contributed by atoms with Crippen LogP contribution in [0.4, 0.5) is 0 Å². The van der Waals surface area contributed by atoms with Crippen LogP contribution in [-0.2, 0) is 0 Å². The quantitative estimate of drug-likeness (QED) is 0.114.